The standard InChI is InChI=1S/C12H17FN2/c1-9-7-10(3-4-11(9)13)15(2)8-12(14)5-6-12/h3-4,7H,5-6,8,14H2,1-2H3. The molecule has 2 nitrogen and oxygen atoms in total. The molecule has 2 rings (SSSR count). The highest BCUT2D eigenvalue weighted by Gasteiger charge is 2.39. The quantitative estimate of drug-likeness (QED) is 0.823. The zero-order valence-electron chi connectivity index (χ0n) is 9.26. The van der Waals surface area contributed by atoms with Gasteiger partial charge in [-0.3, -0.25) is 0 Å². The van der Waals surface area contributed by atoms with Gasteiger partial charge in [-0.1, -0.05) is 0 Å². The Balaban J connectivity index is 2.11. The summed E-state index contributed by atoms with van der Waals surface area (Å²) in [7, 11) is 2.00. The summed E-state index contributed by atoms with van der Waals surface area (Å²) in [5.41, 5.74) is 7.75. The van der Waals surface area contributed by atoms with Gasteiger partial charge < -0.3 is 10.6 Å². The number of hydrogen-bond acceptors (Lipinski definition) is 2. The first-order valence-corrected chi connectivity index (χ1v) is 5.26. The van der Waals surface area contributed by atoms with Crippen molar-refractivity contribution >= 4 is 5.69 Å². The molecule has 1 aromatic carbocycles. The van der Waals surface area contributed by atoms with E-state index in [1.54, 1.807) is 13.0 Å². The molecular formula is C12H17FN2. The highest BCUT2D eigenvalue weighted by molar-refractivity contribution is 5.48. The van der Waals surface area contributed by atoms with Crippen molar-refractivity contribution in [2.75, 3.05) is 18.5 Å². The Kier molecular flexibility index (Phi) is 2.43. The van der Waals surface area contributed by atoms with E-state index < -0.39 is 0 Å². The van der Waals surface area contributed by atoms with Gasteiger partial charge in [0, 0.05) is 24.8 Å². The minimum atomic E-state index is -0.152. The van der Waals surface area contributed by atoms with Gasteiger partial charge in [0.25, 0.3) is 0 Å². The summed E-state index contributed by atoms with van der Waals surface area (Å²) in [5.74, 6) is -0.152. The van der Waals surface area contributed by atoms with Crippen molar-refractivity contribution in [1.29, 1.82) is 0 Å². The number of benzene rings is 1. The number of anilines is 1. The third-order valence-corrected chi connectivity index (χ3v) is 3.03. The summed E-state index contributed by atoms with van der Waals surface area (Å²) >= 11 is 0. The topological polar surface area (TPSA) is 29.3 Å². The van der Waals surface area contributed by atoms with Gasteiger partial charge >= 0.3 is 0 Å². The second-order valence-corrected chi connectivity index (χ2v) is 4.65. The fourth-order valence-corrected chi connectivity index (χ4v) is 1.75. The average molecular weight is 208 g/mol. The fourth-order valence-electron chi connectivity index (χ4n) is 1.75. The molecule has 0 aromatic heterocycles. The lowest BCUT2D eigenvalue weighted by Gasteiger charge is -2.23. The number of rotatable bonds is 3. The van der Waals surface area contributed by atoms with Crippen LogP contribution in [-0.2, 0) is 0 Å². The number of aryl methyl sites for hydroxylation is 1. The van der Waals surface area contributed by atoms with Crippen LogP contribution in [0.3, 0.4) is 0 Å². The number of nitrogens with zero attached hydrogens (tertiary/aromatic N) is 1. The Labute approximate surface area is 89.9 Å². The molecule has 1 aliphatic rings. The van der Waals surface area contributed by atoms with E-state index in [2.05, 4.69) is 4.90 Å². The van der Waals surface area contributed by atoms with Gasteiger partial charge in [-0.05, 0) is 43.5 Å². The molecule has 0 atom stereocenters. The third kappa shape index (κ3) is 2.29. The summed E-state index contributed by atoms with van der Waals surface area (Å²) in [6.07, 6.45) is 2.19. The van der Waals surface area contributed by atoms with Crippen molar-refractivity contribution in [3.8, 4) is 0 Å². The zero-order valence-corrected chi connectivity index (χ0v) is 9.26. The molecular weight excluding hydrogens is 191 g/mol. The highest BCUT2D eigenvalue weighted by Crippen LogP contribution is 2.33. The van der Waals surface area contributed by atoms with Gasteiger partial charge in [0.15, 0.2) is 0 Å². The van der Waals surface area contributed by atoms with Crippen LogP contribution >= 0.6 is 0 Å². The van der Waals surface area contributed by atoms with Crippen LogP contribution in [0.4, 0.5) is 10.1 Å². The van der Waals surface area contributed by atoms with Crippen LogP contribution in [0.15, 0.2) is 18.2 Å². The predicted octanol–water partition coefficient (Wildman–Crippen LogP) is 2.06. The Hall–Kier alpha value is -1.09. The molecule has 1 saturated carbocycles. The van der Waals surface area contributed by atoms with E-state index in [1.807, 2.05) is 13.1 Å². The predicted molar refractivity (Wildman–Crippen MR) is 60.6 cm³/mol. The molecule has 0 heterocycles. The summed E-state index contributed by atoms with van der Waals surface area (Å²) < 4.78 is 13.1. The number of likely N-dealkylation sites (N-methyl/N-ethyl adjacent to an activating group) is 1. The van der Waals surface area contributed by atoms with Crippen molar-refractivity contribution < 1.29 is 4.39 Å². The van der Waals surface area contributed by atoms with E-state index in [0.717, 1.165) is 25.1 Å². The number of nitrogens with two attached hydrogens (primary N) is 1. The molecule has 0 radical (unpaired) electrons. The minimum absolute atomic E-state index is 0.00294. The lowest BCUT2D eigenvalue weighted by molar-refractivity contribution is 0.617. The fraction of sp³-hybridized carbons (Fsp3) is 0.500. The maximum absolute atomic E-state index is 13.1. The van der Waals surface area contributed by atoms with Gasteiger partial charge in [0.1, 0.15) is 5.82 Å². The molecule has 82 valence electrons. The number of halogens is 1. The lowest BCUT2D eigenvalue weighted by atomic mass is 10.2. The van der Waals surface area contributed by atoms with Crippen molar-refractivity contribution in [3.05, 3.63) is 29.6 Å². The van der Waals surface area contributed by atoms with Crippen LogP contribution in [0.2, 0.25) is 0 Å². The first kappa shape index (κ1) is 10.4. The second kappa shape index (κ2) is 3.49. The van der Waals surface area contributed by atoms with E-state index in [9.17, 15) is 4.39 Å². The van der Waals surface area contributed by atoms with Gasteiger partial charge in [-0.25, -0.2) is 4.39 Å². The molecule has 15 heavy (non-hydrogen) atoms. The number of hydrogen-bond donors (Lipinski definition) is 1. The summed E-state index contributed by atoms with van der Waals surface area (Å²) in [6.45, 7) is 2.63. The van der Waals surface area contributed by atoms with Crippen molar-refractivity contribution in [1.82, 2.24) is 0 Å². The van der Waals surface area contributed by atoms with Crippen molar-refractivity contribution in [3.63, 3.8) is 0 Å². The Morgan fingerprint density at radius 3 is 2.67 bits per heavy atom. The monoisotopic (exact) mass is 208 g/mol. The molecule has 0 amide bonds. The summed E-state index contributed by atoms with van der Waals surface area (Å²) in [4.78, 5) is 2.10. The van der Waals surface area contributed by atoms with Crippen LogP contribution in [0.1, 0.15) is 18.4 Å². The second-order valence-electron chi connectivity index (χ2n) is 4.65. The molecule has 0 spiro atoms. The van der Waals surface area contributed by atoms with Crippen LogP contribution in [0.5, 0.6) is 0 Å². The maximum atomic E-state index is 13.1. The molecule has 0 aliphatic heterocycles. The normalized spacial score (nSPS) is 17.6. The van der Waals surface area contributed by atoms with Crippen LogP contribution in [0, 0.1) is 12.7 Å². The molecule has 1 aliphatic carbocycles. The van der Waals surface area contributed by atoms with E-state index in [1.165, 1.54) is 6.07 Å². The van der Waals surface area contributed by atoms with E-state index >= 15 is 0 Å². The first-order valence-electron chi connectivity index (χ1n) is 5.26. The minimum Gasteiger partial charge on any atom is -0.373 e. The summed E-state index contributed by atoms with van der Waals surface area (Å²) in [6, 6.07) is 5.17. The van der Waals surface area contributed by atoms with E-state index in [-0.39, 0.29) is 11.4 Å². The third-order valence-electron chi connectivity index (χ3n) is 3.03. The Bertz CT molecular complexity index is 372. The van der Waals surface area contributed by atoms with Crippen molar-refractivity contribution in [2.24, 2.45) is 5.73 Å². The van der Waals surface area contributed by atoms with Crippen molar-refractivity contribution in [2.45, 2.75) is 25.3 Å². The molecule has 0 bridgehead atoms. The molecule has 0 saturated heterocycles. The van der Waals surface area contributed by atoms with E-state index in [0.29, 0.717) is 5.56 Å². The molecule has 1 aromatic rings. The van der Waals surface area contributed by atoms with Crippen LogP contribution < -0.4 is 10.6 Å². The maximum Gasteiger partial charge on any atom is 0.126 e. The largest absolute Gasteiger partial charge is 0.373 e. The van der Waals surface area contributed by atoms with Crippen LogP contribution in [0.25, 0.3) is 0 Å². The van der Waals surface area contributed by atoms with Gasteiger partial charge in [0.2, 0.25) is 0 Å². The smallest absolute Gasteiger partial charge is 0.126 e. The zero-order chi connectivity index (χ0) is 11.1. The van der Waals surface area contributed by atoms with E-state index in [4.69, 9.17) is 5.73 Å². The van der Waals surface area contributed by atoms with Gasteiger partial charge in [-0.15, -0.1) is 0 Å². The molecule has 2 N–H and O–H groups in total. The summed E-state index contributed by atoms with van der Waals surface area (Å²) in [5, 5.41) is 0. The van der Waals surface area contributed by atoms with Gasteiger partial charge in [-0.2, -0.15) is 0 Å². The van der Waals surface area contributed by atoms with Crippen LogP contribution in [-0.4, -0.2) is 19.1 Å². The molecule has 1 fully saturated rings. The Morgan fingerprint density at radius 2 is 2.13 bits per heavy atom. The van der Waals surface area contributed by atoms with Gasteiger partial charge in [0.05, 0.1) is 0 Å². The Morgan fingerprint density at radius 1 is 1.47 bits per heavy atom. The first-order chi connectivity index (χ1) is 7.00. The SMILES string of the molecule is Cc1cc(N(C)CC2(N)CC2)ccc1F. The lowest BCUT2D eigenvalue weighted by Crippen LogP contribution is -2.37. The molecule has 3 heteroatoms. The average Bonchev–Trinajstić information content (AvgIpc) is 2.88. The molecule has 0 unspecified atom stereocenters. The highest BCUT2D eigenvalue weighted by atomic mass is 19.1.